The van der Waals surface area contributed by atoms with E-state index in [0.29, 0.717) is 12.4 Å². The van der Waals surface area contributed by atoms with Crippen LogP contribution >= 0.6 is 0 Å². The van der Waals surface area contributed by atoms with Crippen LogP contribution in [0, 0.1) is 0 Å². The zero-order valence-corrected chi connectivity index (χ0v) is 16.6. The molecule has 0 fully saturated rings. The summed E-state index contributed by atoms with van der Waals surface area (Å²) in [5.41, 5.74) is 1.27. The summed E-state index contributed by atoms with van der Waals surface area (Å²) in [6.07, 6.45) is 3.30. The number of hydrogen-bond acceptors (Lipinski definition) is 5. The fourth-order valence-corrected chi connectivity index (χ4v) is 3.72. The number of sulfonamides is 1. The molecule has 7 nitrogen and oxygen atoms in total. The van der Waals surface area contributed by atoms with E-state index >= 15 is 0 Å². The second-order valence-electron chi connectivity index (χ2n) is 6.10. The second-order valence-corrected chi connectivity index (χ2v) is 7.78. The molecule has 1 amide bonds. The summed E-state index contributed by atoms with van der Waals surface area (Å²) >= 11 is 0. The molecule has 2 aromatic carbocycles. The van der Waals surface area contributed by atoms with Gasteiger partial charge < -0.3 is 10.1 Å². The van der Waals surface area contributed by atoms with E-state index in [1.54, 1.807) is 54.9 Å². The number of para-hydroxylation sites is 1. The van der Waals surface area contributed by atoms with Gasteiger partial charge in [0.05, 0.1) is 22.8 Å². The molecule has 0 bridgehead atoms. The first kappa shape index (κ1) is 20.3. The van der Waals surface area contributed by atoms with Gasteiger partial charge in [-0.3, -0.25) is 14.5 Å². The Morgan fingerprint density at radius 2 is 1.79 bits per heavy atom. The van der Waals surface area contributed by atoms with E-state index < -0.39 is 10.0 Å². The third-order valence-corrected chi connectivity index (χ3v) is 5.42. The summed E-state index contributed by atoms with van der Waals surface area (Å²) < 4.78 is 33.3. The highest BCUT2D eigenvalue weighted by Crippen LogP contribution is 2.22. The number of nitrogens with zero attached hydrogens (tertiary/aromatic N) is 1. The minimum atomic E-state index is -3.86. The average molecular weight is 411 g/mol. The zero-order chi connectivity index (χ0) is 20.7. The van der Waals surface area contributed by atoms with Crippen molar-refractivity contribution in [3.63, 3.8) is 0 Å². The molecule has 8 heteroatoms. The maximum atomic E-state index is 12.7. The minimum Gasteiger partial charge on any atom is -0.494 e. The third kappa shape index (κ3) is 5.32. The molecule has 1 aromatic heterocycles. The van der Waals surface area contributed by atoms with Gasteiger partial charge in [-0.2, -0.15) is 0 Å². The number of nitrogens with one attached hydrogen (secondary N) is 2. The van der Waals surface area contributed by atoms with Crippen molar-refractivity contribution in [1.29, 1.82) is 0 Å². The third-order valence-electron chi connectivity index (χ3n) is 4.04. The summed E-state index contributed by atoms with van der Waals surface area (Å²) in [6.45, 7) is 2.63. The Balaban J connectivity index is 1.76. The van der Waals surface area contributed by atoms with E-state index in [9.17, 15) is 13.2 Å². The Bertz CT molecular complexity index is 1070. The smallest absolute Gasteiger partial charge is 0.261 e. The number of carbonyl (C=O) groups excluding carboxylic acids is 1. The molecule has 3 rings (SSSR count). The molecule has 0 aliphatic carbocycles. The van der Waals surface area contributed by atoms with Gasteiger partial charge in [0, 0.05) is 18.9 Å². The van der Waals surface area contributed by atoms with E-state index in [2.05, 4.69) is 15.0 Å². The lowest BCUT2D eigenvalue weighted by Crippen LogP contribution is -2.25. The van der Waals surface area contributed by atoms with Crippen LogP contribution in [0.5, 0.6) is 5.75 Å². The first-order valence-electron chi connectivity index (χ1n) is 9.01. The number of ether oxygens (including phenoxy) is 1. The second kappa shape index (κ2) is 9.20. The van der Waals surface area contributed by atoms with E-state index in [1.165, 1.54) is 12.1 Å². The Morgan fingerprint density at radius 3 is 2.48 bits per heavy atom. The fraction of sp³-hybridized carbons (Fsp3) is 0.143. The van der Waals surface area contributed by atoms with Crippen LogP contribution in [-0.4, -0.2) is 25.9 Å². The molecule has 0 aliphatic heterocycles. The summed E-state index contributed by atoms with van der Waals surface area (Å²) in [5.74, 6) is 0.195. The predicted octanol–water partition coefficient (Wildman–Crippen LogP) is 3.21. The summed E-state index contributed by atoms with van der Waals surface area (Å²) in [5, 5.41) is 2.77. The highest BCUT2D eigenvalue weighted by molar-refractivity contribution is 7.92. The summed E-state index contributed by atoms with van der Waals surface area (Å²) in [6, 6.07) is 16.2. The SMILES string of the molecule is CCOc1ccc(S(=O)(=O)Nc2ccccc2C(=O)NCc2cccnc2)cc1. The Morgan fingerprint density at radius 1 is 1.03 bits per heavy atom. The number of rotatable bonds is 8. The van der Waals surface area contributed by atoms with Crippen molar-refractivity contribution >= 4 is 21.6 Å². The lowest BCUT2D eigenvalue weighted by atomic mass is 10.1. The number of pyridine rings is 1. The lowest BCUT2D eigenvalue weighted by Gasteiger charge is -2.13. The van der Waals surface area contributed by atoms with E-state index in [4.69, 9.17) is 4.74 Å². The molecular formula is C21H21N3O4S. The number of hydrogen-bond donors (Lipinski definition) is 2. The van der Waals surface area contributed by atoms with Crippen molar-refractivity contribution in [1.82, 2.24) is 10.3 Å². The van der Waals surface area contributed by atoms with E-state index in [0.717, 1.165) is 5.56 Å². The molecule has 150 valence electrons. The molecule has 0 radical (unpaired) electrons. The number of carbonyl (C=O) groups is 1. The van der Waals surface area contributed by atoms with Gasteiger partial charge >= 0.3 is 0 Å². The van der Waals surface area contributed by atoms with Crippen LogP contribution in [0.2, 0.25) is 0 Å². The van der Waals surface area contributed by atoms with Crippen molar-refractivity contribution in [2.75, 3.05) is 11.3 Å². The number of anilines is 1. The molecule has 0 spiro atoms. The molecule has 0 atom stereocenters. The standard InChI is InChI=1S/C21H21N3O4S/c1-2-28-17-9-11-18(12-10-17)29(26,27)24-20-8-4-3-7-19(20)21(25)23-15-16-6-5-13-22-14-16/h3-14,24H,2,15H2,1H3,(H,23,25). The highest BCUT2D eigenvalue weighted by Gasteiger charge is 2.18. The minimum absolute atomic E-state index is 0.0755. The van der Waals surface area contributed by atoms with Gasteiger partial charge in [-0.1, -0.05) is 18.2 Å². The zero-order valence-electron chi connectivity index (χ0n) is 15.8. The van der Waals surface area contributed by atoms with Crippen LogP contribution in [0.15, 0.2) is 78.0 Å². The topological polar surface area (TPSA) is 97.4 Å². The molecule has 0 unspecified atom stereocenters. The van der Waals surface area contributed by atoms with Gasteiger partial charge in [0.15, 0.2) is 0 Å². The van der Waals surface area contributed by atoms with E-state index in [-0.39, 0.29) is 28.6 Å². The normalized spacial score (nSPS) is 10.9. The lowest BCUT2D eigenvalue weighted by molar-refractivity contribution is 0.0952. The molecule has 29 heavy (non-hydrogen) atoms. The van der Waals surface area contributed by atoms with Crippen molar-refractivity contribution in [2.45, 2.75) is 18.4 Å². The van der Waals surface area contributed by atoms with Crippen LogP contribution in [-0.2, 0) is 16.6 Å². The molecular weight excluding hydrogens is 390 g/mol. The van der Waals surface area contributed by atoms with Gasteiger partial charge in [-0.25, -0.2) is 8.42 Å². The largest absolute Gasteiger partial charge is 0.494 e. The maximum Gasteiger partial charge on any atom is 0.261 e. The molecule has 2 N–H and O–H groups in total. The molecule has 1 heterocycles. The van der Waals surface area contributed by atoms with Gasteiger partial charge in [0.25, 0.3) is 15.9 Å². The van der Waals surface area contributed by atoms with Gasteiger partial charge in [-0.15, -0.1) is 0 Å². The van der Waals surface area contributed by atoms with Crippen molar-refractivity contribution in [2.24, 2.45) is 0 Å². The van der Waals surface area contributed by atoms with Gasteiger partial charge in [-0.05, 0) is 55.0 Å². The average Bonchev–Trinajstić information content (AvgIpc) is 2.73. The predicted molar refractivity (Wildman–Crippen MR) is 110 cm³/mol. The van der Waals surface area contributed by atoms with E-state index in [1.807, 2.05) is 13.0 Å². The number of benzene rings is 2. The van der Waals surface area contributed by atoms with Crippen molar-refractivity contribution < 1.29 is 17.9 Å². The number of aromatic nitrogens is 1. The number of amides is 1. The highest BCUT2D eigenvalue weighted by atomic mass is 32.2. The monoisotopic (exact) mass is 411 g/mol. The van der Waals surface area contributed by atoms with Crippen LogP contribution in [0.25, 0.3) is 0 Å². The maximum absolute atomic E-state index is 12.7. The Hall–Kier alpha value is -3.39. The molecule has 0 aliphatic rings. The molecule has 3 aromatic rings. The summed E-state index contributed by atoms with van der Waals surface area (Å²) in [4.78, 5) is 16.7. The van der Waals surface area contributed by atoms with Crippen LogP contribution in [0.4, 0.5) is 5.69 Å². The van der Waals surface area contributed by atoms with Crippen LogP contribution in [0.3, 0.4) is 0 Å². The van der Waals surface area contributed by atoms with Crippen LogP contribution in [0.1, 0.15) is 22.8 Å². The molecule has 0 saturated carbocycles. The first-order chi connectivity index (χ1) is 14.0. The molecule has 0 saturated heterocycles. The quantitative estimate of drug-likeness (QED) is 0.593. The summed E-state index contributed by atoms with van der Waals surface area (Å²) in [7, 11) is -3.86. The Kier molecular flexibility index (Phi) is 6.46. The van der Waals surface area contributed by atoms with Crippen molar-refractivity contribution in [3.05, 3.63) is 84.2 Å². The van der Waals surface area contributed by atoms with Crippen LogP contribution < -0.4 is 14.8 Å². The van der Waals surface area contributed by atoms with Gasteiger partial charge in [0.2, 0.25) is 0 Å². The van der Waals surface area contributed by atoms with Crippen molar-refractivity contribution in [3.8, 4) is 5.75 Å². The first-order valence-corrected chi connectivity index (χ1v) is 10.5. The fourth-order valence-electron chi connectivity index (χ4n) is 2.64. The Labute approximate surface area is 169 Å². The van der Waals surface area contributed by atoms with Gasteiger partial charge in [0.1, 0.15) is 5.75 Å².